The van der Waals surface area contributed by atoms with Crippen LogP contribution in [0.1, 0.15) is 22.8 Å². The maximum absolute atomic E-state index is 11.8. The maximum atomic E-state index is 11.8. The predicted molar refractivity (Wildman–Crippen MR) is 69.7 cm³/mol. The molecule has 0 saturated heterocycles. The van der Waals surface area contributed by atoms with Crippen LogP contribution in [0, 0.1) is 0 Å². The summed E-state index contributed by atoms with van der Waals surface area (Å²) < 4.78 is 14.4. The second-order valence-electron chi connectivity index (χ2n) is 3.67. The number of benzene rings is 1. The third-order valence-electron chi connectivity index (χ3n) is 2.62. The van der Waals surface area contributed by atoms with E-state index in [9.17, 15) is 9.59 Å². The van der Waals surface area contributed by atoms with Crippen molar-refractivity contribution in [2.24, 2.45) is 0 Å². The van der Waals surface area contributed by atoms with Gasteiger partial charge in [-0.3, -0.25) is 5.32 Å². The number of hydrogen-bond acceptors (Lipinski definition) is 5. The van der Waals surface area contributed by atoms with Gasteiger partial charge in [-0.2, -0.15) is 0 Å². The number of esters is 1. The lowest BCUT2D eigenvalue weighted by Crippen LogP contribution is -2.16. The number of hydrogen-bond donors (Lipinski definition) is 1. The van der Waals surface area contributed by atoms with Crippen molar-refractivity contribution in [3.05, 3.63) is 23.3 Å². The Kier molecular flexibility index (Phi) is 5.17. The van der Waals surface area contributed by atoms with Crippen molar-refractivity contribution >= 4 is 17.7 Å². The largest absolute Gasteiger partial charge is 0.497 e. The summed E-state index contributed by atoms with van der Waals surface area (Å²) in [6.07, 6.45) is -0.0715. The van der Waals surface area contributed by atoms with Gasteiger partial charge in [0.25, 0.3) is 0 Å². The minimum Gasteiger partial charge on any atom is -0.497 e. The molecular formula is C13H17NO5. The SMILES string of the molecule is CCc1cc(OC)cc(NC(=O)OC)c1C(=O)OC. The molecular weight excluding hydrogens is 250 g/mol. The molecule has 0 aliphatic heterocycles. The molecule has 0 radical (unpaired) electrons. The molecule has 0 bridgehead atoms. The molecule has 0 fully saturated rings. The molecule has 0 spiro atoms. The molecule has 0 unspecified atom stereocenters. The third-order valence-corrected chi connectivity index (χ3v) is 2.62. The molecule has 0 aliphatic rings. The number of carbonyl (C=O) groups excluding carboxylic acids is 2. The van der Waals surface area contributed by atoms with Crippen molar-refractivity contribution in [1.82, 2.24) is 0 Å². The minimum absolute atomic E-state index is 0.301. The Labute approximate surface area is 111 Å². The first-order valence-corrected chi connectivity index (χ1v) is 5.71. The molecule has 0 aromatic heterocycles. The van der Waals surface area contributed by atoms with E-state index in [1.165, 1.54) is 21.3 Å². The van der Waals surface area contributed by atoms with Gasteiger partial charge in [0.15, 0.2) is 0 Å². The predicted octanol–water partition coefficient (Wildman–Crippen LogP) is 2.22. The highest BCUT2D eigenvalue weighted by molar-refractivity contribution is 6.01. The number of nitrogens with one attached hydrogen (secondary N) is 1. The highest BCUT2D eigenvalue weighted by Gasteiger charge is 2.19. The van der Waals surface area contributed by atoms with Crippen LogP contribution in [-0.4, -0.2) is 33.4 Å². The van der Waals surface area contributed by atoms with Gasteiger partial charge in [-0.15, -0.1) is 0 Å². The molecule has 0 atom stereocenters. The summed E-state index contributed by atoms with van der Waals surface area (Å²) in [5.41, 5.74) is 1.32. The summed E-state index contributed by atoms with van der Waals surface area (Å²) >= 11 is 0. The number of aryl methyl sites for hydroxylation is 1. The molecule has 1 rings (SSSR count). The topological polar surface area (TPSA) is 73.9 Å². The van der Waals surface area contributed by atoms with E-state index >= 15 is 0 Å². The van der Waals surface area contributed by atoms with Crippen LogP contribution >= 0.6 is 0 Å². The van der Waals surface area contributed by atoms with E-state index in [1.807, 2.05) is 6.92 Å². The summed E-state index contributed by atoms with van der Waals surface area (Å²) in [5, 5.41) is 2.48. The van der Waals surface area contributed by atoms with Crippen LogP contribution < -0.4 is 10.1 Å². The highest BCUT2D eigenvalue weighted by Crippen LogP contribution is 2.28. The smallest absolute Gasteiger partial charge is 0.411 e. The quantitative estimate of drug-likeness (QED) is 0.847. The zero-order chi connectivity index (χ0) is 14.4. The zero-order valence-corrected chi connectivity index (χ0v) is 11.4. The first kappa shape index (κ1) is 14.8. The van der Waals surface area contributed by atoms with Gasteiger partial charge in [0.2, 0.25) is 0 Å². The molecule has 6 nitrogen and oxygen atoms in total. The molecule has 0 aliphatic carbocycles. The van der Waals surface area contributed by atoms with Crippen LogP contribution in [0.15, 0.2) is 12.1 Å². The Bertz CT molecular complexity index is 484. The fourth-order valence-corrected chi connectivity index (χ4v) is 1.67. The number of amides is 1. The van der Waals surface area contributed by atoms with Gasteiger partial charge in [-0.1, -0.05) is 6.92 Å². The van der Waals surface area contributed by atoms with Gasteiger partial charge in [-0.25, -0.2) is 9.59 Å². The second-order valence-corrected chi connectivity index (χ2v) is 3.67. The summed E-state index contributed by atoms with van der Waals surface area (Å²) in [4.78, 5) is 23.1. The number of methoxy groups -OCH3 is 3. The van der Waals surface area contributed by atoms with Crippen molar-refractivity contribution in [3.63, 3.8) is 0 Å². The molecule has 104 valence electrons. The van der Waals surface area contributed by atoms with Crippen molar-refractivity contribution in [1.29, 1.82) is 0 Å². The lowest BCUT2D eigenvalue weighted by atomic mass is 10.0. The molecule has 0 saturated carbocycles. The first-order valence-electron chi connectivity index (χ1n) is 5.71. The number of carbonyl (C=O) groups is 2. The summed E-state index contributed by atoms with van der Waals surface area (Å²) in [7, 11) is 4.04. The van der Waals surface area contributed by atoms with Crippen LogP contribution in [0.5, 0.6) is 5.75 Å². The fraction of sp³-hybridized carbons (Fsp3) is 0.385. The van der Waals surface area contributed by atoms with E-state index in [1.54, 1.807) is 12.1 Å². The van der Waals surface area contributed by atoms with Crippen molar-refractivity contribution in [2.75, 3.05) is 26.6 Å². The zero-order valence-electron chi connectivity index (χ0n) is 11.4. The highest BCUT2D eigenvalue weighted by atomic mass is 16.5. The van der Waals surface area contributed by atoms with E-state index in [0.29, 0.717) is 23.4 Å². The van der Waals surface area contributed by atoms with Crippen LogP contribution in [0.25, 0.3) is 0 Å². The van der Waals surface area contributed by atoms with E-state index in [-0.39, 0.29) is 0 Å². The Balaban J connectivity index is 3.36. The normalized spacial score (nSPS) is 9.68. The Morgan fingerprint density at radius 1 is 1.16 bits per heavy atom. The summed E-state index contributed by atoms with van der Waals surface area (Å²) in [6, 6.07) is 3.27. The molecule has 0 heterocycles. The van der Waals surface area contributed by atoms with Gasteiger partial charge in [0.1, 0.15) is 5.75 Å². The average Bonchev–Trinajstić information content (AvgIpc) is 2.45. The molecule has 19 heavy (non-hydrogen) atoms. The van der Waals surface area contributed by atoms with Crippen LogP contribution in [0.4, 0.5) is 10.5 Å². The fourth-order valence-electron chi connectivity index (χ4n) is 1.67. The monoisotopic (exact) mass is 267 g/mol. The van der Waals surface area contributed by atoms with Gasteiger partial charge in [0, 0.05) is 6.07 Å². The molecule has 1 amide bonds. The van der Waals surface area contributed by atoms with Crippen LogP contribution in [0.2, 0.25) is 0 Å². The maximum Gasteiger partial charge on any atom is 0.411 e. The van der Waals surface area contributed by atoms with Crippen molar-refractivity contribution in [2.45, 2.75) is 13.3 Å². The van der Waals surface area contributed by atoms with Crippen LogP contribution in [-0.2, 0) is 15.9 Å². The first-order chi connectivity index (χ1) is 9.07. The molecule has 6 heteroatoms. The lowest BCUT2D eigenvalue weighted by Gasteiger charge is -2.14. The molecule has 1 N–H and O–H groups in total. The van der Waals surface area contributed by atoms with Crippen LogP contribution in [0.3, 0.4) is 0 Å². The van der Waals surface area contributed by atoms with E-state index < -0.39 is 12.1 Å². The van der Waals surface area contributed by atoms with Gasteiger partial charge in [0.05, 0.1) is 32.6 Å². The van der Waals surface area contributed by atoms with E-state index in [2.05, 4.69) is 10.1 Å². The summed E-state index contributed by atoms with van der Waals surface area (Å²) in [5.74, 6) is 0.0156. The van der Waals surface area contributed by atoms with Gasteiger partial charge >= 0.3 is 12.1 Å². The number of ether oxygens (including phenoxy) is 3. The van der Waals surface area contributed by atoms with E-state index in [4.69, 9.17) is 9.47 Å². The second kappa shape index (κ2) is 6.63. The molecule has 1 aromatic rings. The number of rotatable bonds is 4. The number of anilines is 1. The van der Waals surface area contributed by atoms with Crippen molar-refractivity contribution < 1.29 is 23.8 Å². The molecule has 1 aromatic carbocycles. The Hall–Kier alpha value is -2.24. The standard InChI is InChI=1S/C13H17NO5/c1-5-8-6-9(17-2)7-10(14-13(16)19-4)11(8)12(15)18-3/h6-7H,5H2,1-4H3,(H,14,16). The summed E-state index contributed by atoms with van der Waals surface area (Å²) in [6.45, 7) is 1.89. The minimum atomic E-state index is -0.666. The van der Waals surface area contributed by atoms with Gasteiger partial charge in [-0.05, 0) is 18.1 Å². The Morgan fingerprint density at radius 2 is 1.84 bits per heavy atom. The van der Waals surface area contributed by atoms with E-state index in [0.717, 1.165) is 5.56 Å². The third kappa shape index (κ3) is 3.37. The Morgan fingerprint density at radius 3 is 2.32 bits per heavy atom. The van der Waals surface area contributed by atoms with Crippen molar-refractivity contribution in [3.8, 4) is 5.75 Å². The average molecular weight is 267 g/mol. The lowest BCUT2D eigenvalue weighted by molar-refractivity contribution is 0.0600. The van der Waals surface area contributed by atoms with Gasteiger partial charge < -0.3 is 14.2 Å².